The Morgan fingerprint density at radius 3 is 2.47 bits per heavy atom. The van der Waals surface area contributed by atoms with Crippen molar-refractivity contribution in [1.82, 2.24) is 0 Å². The molecule has 0 aliphatic heterocycles. The number of hydrogen-bond donors (Lipinski definition) is 1. The van der Waals surface area contributed by atoms with Gasteiger partial charge in [0.05, 0.1) is 10.6 Å². The van der Waals surface area contributed by atoms with Crippen LogP contribution in [0.2, 0.25) is 0 Å². The van der Waals surface area contributed by atoms with Gasteiger partial charge in [-0.3, -0.25) is 0 Å². The third-order valence-electron chi connectivity index (χ3n) is 1.93. The molecule has 1 aromatic carbocycles. The van der Waals surface area contributed by atoms with Gasteiger partial charge in [-0.05, 0) is 48.0 Å². The van der Waals surface area contributed by atoms with E-state index < -0.39 is 17.5 Å². The minimum absolute atomic E-state index is 0.0999. The second kappa shape index (κ2) is 5.00. The van der Waals surface area contributed by atoms with Crippen molar-refractivity contribution in [3.63, 3.8) is 0 Å². The van der Waals surface area contributed by atoms with Crippen LogP contribution in [0.1, 0.15) is 19.4 Å². The number of carboxylic acid groups (broad SMARTS) is 1. The van der Waals surface area contributed by atoms with Crippen LogP contribution < -0.4 is 4.74 Å². The number of carbonyl (C=O) groups is 1. The van der Waals surface area contributed by atoms with Crippen LogP contribution in [-0.2, 0) is 10.7 Å². The predicted molar refractivity (Wildman–Crippen MR) is 61.4 cm³/mol. The van der Waals surface area contributed by atoms with Gasteiger partial charge in [0, 0.05) is 5.56 Å². The zero-order chi connectivity index (χ0) is 13.2. The molecule has 0 fully saturated rings. The Morgan fingerprint density at radius 1 is 1.47 bits per heavy atom. The molecule has 0 saturated carbocycles. The maximum absolute atomic E-state index is 13.2. The van der Waals surface area contributed by atoms with Gasteiger partial charge in [-0.2, -0.15) is 8.78 Å². The standard InChI is InChI=1S/C11H11BrF2O3/c1-6(2)17-9-4-3-7(5-8(9)12)11(13,14)10(15)16/h3-6H,1-2H3,(H,15,16). The van der Waals surface area contributed by atoms with Gasteiger partial charge in [0.2, 0.25) is 0 Å². The molecule has 0 aliphatic rings. The number of halogens is 3. The topological polar surface area (TPSA) is 46.5 Å². The van der Waals surface area contributed by atoms with Crippen molar-refractivity contribution in [2.75, 3.05) is 0 Å². The smallest absolute Gasteiger partial charge is 0.379 e. The lowest BCUT2D eigenvalue weighted by atomic mass is 10.1. The number of carboxylic acids is 1. The lowest BCUT2D eigenvalue weighted by molar-refractivity contribution is -0.166. The highest BCUT2D eigenvalue weighted by Gasteiger charge is 2.41. The second-order valence-corrected chi connectivity index (χ2v) is 4.55. The van der Waals surface area contributed by atoms with Gasteiger partial charge in [0.25, 0.3) is 0 Å². The minimum Gasteiger partial charge on any atom is -0.490 e. The van der Waals surface area contributed by atoms with Gasteiger partial charge in [-0.25, -0.2) is 4.79 Å². The number of ether oxygens (including phenoxy) is 1. The Hall–Kier alpha value is -1.17. The molecule has 0 radical (unpaired) electrons. The monoisotopic (exact) mass is 308 g/mol. The van der Waals surface area contributed by atoms with Crippen molar-refractivity contribution in [3.05, 3.63) is 28.2 Å². The van der Waals surface area contributed by atoms with Gasteiger partial charge < -0.3 is 9.84 Å². The Kier molecular flexibility index (Phi) is 4.08. The Morgan fingerprint density at radius 2 is 2.06 bits per heavy atom. The third-order valence-corrected chi connectivity index (χ3v) is 2.55. The summed E-state index contributed by atoms with van der Waals surface area (Å²) >= 11 is 3.07. The zero-order valence-corrected chi connectivity index (χ0v) is 10.8. The van der Waals surface area contributed by atoms with Crippen LogP contribution in [0.15, 0.2) is 22.7 Å². The van der Waals surface area contributed by atoms with E-state index in [0.29, 0.717) is 10.2 Å². The van der Waals surface area contributed by atoms with Crippen LogP contribution in [0.3, 0.4) is 0 Å². The first kappa shape index (κ1) is 13.9. The van der Waals surface area contributed by atoms with E-state index in [2.05, 4.69) is 15.9 Å². The lowest BCUT2D eigenvalue weighted by Crippen LogP contribution is -2.25. The summed E-state index contributed by atoms with van der Waals surface area (Å²) in [6, 6.07) is 3.40. The van der Waals surface area contributed by atoms with Crippen LogP contribution >= 0.6 is 15.9 Å². The van der Waals surface area contributed by atoms with Crippen molar-refractivity contribution >= 4 is 21.9 Å². The number of alkyl halides is 2. The first-order chi connectivity index (χ1) is 7.75. The largest absolute Gasteiger partial charge is 0.490 e. The minimum atomic E-state index is -3.90. The van der Waals surface area contributed by atoms with Crippen molar-refractivity contribution in [2.24, 2.45) is 0 Å². The number of rotatable bonds is 4. The molecule has 94 valence electrons. The molecule has 17 heavy (non-hydrogen) atoms. The molecule has 0 saturated heterocycles. The molecule has 0 heterocycles. The first-order valence-electron chi connectivity index (χ1n) is 4.83. The van der Waals surface area contributed by atoms with Crippen LogP contribution in [0.25, 0.3) is 0 Å². The highest BCUT2D eigenvalue weighted by Crippen LogP contribution is 2.34. The maximum atomic E-state index is 13.2. The van der Waals surface area contributed by atoms with E-state index in [9.17, 15) is 13.6 Å². The molecule has 0 spiro atoms. The molecule has 0 bridgehead atoms. The van der Waals surface area contributed by atoms with Gasteiger partial charge in [-0.1, -0.05) is 0 Å². The number of hydrogen-bond acceptors (Lipinski definition) is 2. The maximum Gasteiger partial charge on any atom is 0.379 e. The summed E-state index contributed by atoms with van der Waals surface area (Å²) in [5.41, 5.74) is -0.590. The molecule has 0 amide bonds. The average molecular weight is 309 g/mol. The summed E-state index contributed by atoms with van der Waals surface area (Å²) < 4.78 is 32.0. The quantitative estimate of drug-likeness (QED) is 0.927. The van der Waals surface area contributed by atoms with E-state index in [1.165, 1.54) is 6.07 Å². The van der Waals surface area contributed by atoms with Crippen LogP contribution in [0.5, 0.6) is 5.75 Å². The van der Waals surface area contributed by atoms with Crippen LogP contribution in [0.4, 0.5) is 8.78 Å². The zero-order valence-electron chi connectivity index (χ0n) is 9.21. The molecule has 0 aliphatic carbocycles. The van der Waals surface area contributed by atoms with Crippen molar-refractivity contribution in [1.29, 1.82) is 0 Å². The van der Waals surface area contributed by atoms with E-state index in [4.69, 9.17) is 9.84 Å². The molecule has 0 atom stereocenters. The number of benzene rings is 1. The fourth-order valence-corrected chi connectivity index (χ4v) is 1.64. The lowest BCUT2D eigenvalue weighted by Gasteiger charge is -2.15. The molecule has 1 rings (SSSR count). The molecule has 6 heteroatoms. The predicted octanol–water partition coefficient (Wildman–Crippen LogP) is 3.41. The Bertz CT molecular complexity index is 433. The second-order valence-electron chi connectivity index (χ2n) is 3.69. The van der Waals surface area contributed by atoms with E-state index in [1.807, 2.05) is 0 Å². The van der Waals surface area contributed by atoms with Crippen LogP contribution in [0, 0.1) is 0 Å². The molecule has 3 nitrogen and oxygen atoms in total. The SMILES string of the molecule is CC(C)Oc1ccc(C(F)(F)C(=O)O)cc1Br. The highest BCUT2D eigenvalue weighted by atomic mass is 79.9. The molecular weight excluding hydrogens is 298 g/mol. The molecule has 1 aromatic rings. The molecular formula is C11H11BrF2O3. The van der Waals surface area contributed by atoms with Crippen molar-refractivity contribution in [3.8, 4) is 5.75 Å². The first-order valence-corrected chi connectivity index (χ1v) is 5.62. The average Bonchev–Trinajstić information content (AvgIpc) is 2.20. The Balaban J connectivity index is 3.08. The van der Waals surface area contributed by atoms with Gasteiger partial charge in [0.1, 0.15) is 5.75 Å². The van der Waals surface area contributed by atoms with E-state index in [0.717, 1.165) is 12.1 Å². The van der Waals surface area contributed by atoms with Crippen molar-refractivity contribution < 1.29 is 23.4 Å². The number of aliphatic carboxylic acids is 1. The normalized spacial score (nSPS) is 11.6. The fraction of sp³-hybridized carbons (Fsp3) is 0.364. The molecule has 0 aromatic heterocycles. The highest BCUT2D eigenvalue weighted by molar-refractivity contribution is 9.10. The third kappa shape index (κ3) is 3.15. The summed E-state index contributed by atoms with van der Waals surface area (Å²) in [7, 11) is 0. The van der Waals surface area contributed by atoms with Gasteiger partial charge >= 0.3 is 11.9 Å². The van der Waals surface area contributed by atoms with E-state index in [-0.39, 0.29) is 6.10 Å². The molecule has 1 N–H and O–H groups in total. The van der Waals surface area contributed by atoms with E-state index >= 15 is 0 Å². The summed E-state index contributed by atoms with van der Waals surface area (Å²) in [5, 5.41) is 8.40. The summed E-state index contributed by atoms with van der Waals surface area (Å²) in [6.07, 6.45) is -0.0999. The molecule has 0 unspecified atom stereocenters. The fourth-order valence-electron chi connectivity index (χ4n) is 1.17. The van der Waals surface area contributed by atoms with Crippen LogP contribution in [-0.4, -0.2) is 17.2 Å². The van der Waals surface area contributed by atoms with Crippen molar-refractivity contribution in [2.45, 2.75) is 25.9 Å². The van der Waals surface area contributed by atoms with E-state index in [1.54, 1.807) is 13.8 Å². The summed E-state index contributed by atoms with van der Waals surface area (Å²) in [6.45, 7) is 3.60. The summed E-state index contributed by atoms with van der Waals surface area (Å²) in [4.78, 5) is 10.4. The summed E-state index contributed by atoms with van der Waals surface area (Å²) in [5.74, 6) is -5.69. The Labute approximate surface area is 106 Å². The van der Waals surface area contributed by atoms with Gasteiger partial charge in [-0.15, -0.1) is 0 Å². The van der Waals surface area contributed by atoms with Gasteiger partial charge in [0.15, 0.2) is 0 Å².